The molecule has 0 amide bonds. The van der Waals surface area contributed by atoms with Crippen LogP contribution < -0.4 is 4.31 Å². The number of halogens is 2. The van der Waals surface area contributed by atoms with E-state index >= 15 is 0 Å². The summed E-state index contributed by atoms with van der Waals surface area (Å²) in [4.78, 5) is 22.8. The van der Waals surface area contributed by atoms with Gasteiger partial charge in [-0.3, -0.25) is 4.79 Å². The van der Waals surface area contributed by atoms with Gasteiger partial charge in [0.1, 0.15) is 30.5 Å². The minimum atomic E-state index is -0.602. The van der Waals surface area contributed by atoms with Gasteiger partial charge in [0.05, 0.1) is 5.52 Å². The van der Waals surface area contributed by atoms with E-state index in [0.717, 1.165) is 38.7 Å². The number of carbonyl (C=O) groups excluding carboxylic acids is 1. The van der Waals surface area contributed by atoms with E-state index in [1.165, 1.54) is 11.9 Å². The van der Waals surface area contributed by atoms with E-state index in [9.17, 15) is 4.79 Å². The molecule has 0 radical (unpaired) electrons. The molecule has 0 aliphatic carbocycles. The maximum absolute atomic E-state index is 12.9. The molecule has 0 aliphatic heterocycles. The smallest absolute Gasteiger partial charge is 0.327 e. The van der Waals surface area contributed by atoms with E-state index in [4.69, 9.17) is 32.7 Å². The molecule has 0 fully saturated rings. The highest BCUT2D eigenvalue weighted by Crippen LogP contribution is 2.35. The Balaban J connectivity index is 1.46. The van der Waals surface area contributed by atoms with Crippen molar-refractivity contribution in [1.29, 1.82) is 0 Å². The number of rotatable bonds is 10. The van der Waals surface area contributed by atoms with Crippen LogP contribution in [0.1, 0.15) is 27.7 Å². The Morgan fingerprint density at radius 2 is 1.76 bits per heavy atom. The molecule has 5 rings (SSSR count). The first-order chi connectivity index (χ1) is 20.1. The fraction of sp³-hybridized carbons (Fsp3) is 0.258. The zero-order valence-corrected chi connectivity index (χ0v) is 26.1. The normalized spacial score (nSPS) is 11.7. The van der Waals surface area contributed by atoms with Crippen molar-refractivity contribution in [3.05, 3.63) is 89.4 Å². The molecule has 5 aromatic rings. The van der Waals surface area contributed by atoms with Crippen LogP contribution >= 0.6 is 35.1 Å². The first-order valence-corrected chi connectivity index (χ1v) is 14.9. The quantitative estimate of drug-likeness (QED) is 0.115. The van der Waals surface area contributed by atoms with Crippen molar-refractivity contribution in [3.8, 4) is 17.2 Å². The summed E-state index contributed by atoms with van der Waals surface area (Å²) in [6.07, 6.45) is 7.42. The Morgan fingerprint density at radius 3 is 2.50 bits per heavy atom. The van der Waals surface area contributed by atoms with Gasteiger partial charge in [0.2, 0.25) is 0 Å². The second-order valence-corrected chi connectivity index (χ2v) is 12.5. The van der Waals surface area contributed by atoms with Gasteiger partial charge in [-0.2, -0.15) is 0 Å². The van der Waals surface area contributed by atoms with Gasteiger partial charge in [0, 0.05) is 63.0 Å². The van der Waals surface area contributed by atoms with Crippen molar-refractivity contribution in [1.82, 2.24) is 19.1 Å². The lowest BCUT2D eigenvalue weighted by Gasteiger charge is -2.26. The molecule has 0 aliphatic rings. The zero-order chi connectivity index (χ0) is 29.9. The van der Waals surface area contributed by atoms with Crippen LogP contribution in [0, 0.1) is 0 Å². The second-order valence-electron chi connectivity index (χ2n) is 10.5. The van der Waals surface area contributed by atoms with Gasteiger partial charge in [0.15, 0.2) is 0 Å². The molecule has 218 valence electrons. The highest BCUT2D eigenvalue weighted by molar-refractivity contribution is 8.00. The highest BCUT2D eigenvalue weighted by Gasteiger charge is 2.21. The summed E-state index contributed by atoms with van der Waals surface area (Å²) in [5, 5.41) is 2.02. The fourth-order valence-electron chi connectivity index (χ4n) is 4.41. The predicted molar refractivity (Wildman–Crippen MR) is 169 cm³/mol. The molecule has 42 heavy (non-hydrogen) atoms. The van der Waals surface area contributed by atoms with E-state index in [-0.39, 0.29) is 12.5 Å². The van der Waals surface area contributed by atoms with Gasteiger partial charge >= 0.3 is 5.97 Å². The number of esters is 1. The second kappa shape index (κ2) is 12.8. The molecular formula is C31H31Cl2N5O3S. The van der Waals surface area contributed by atoms with Crippen LogP contribution in [0.3, 0.4) is 0 Å². The van der Waals surface area contributed by atoms with Crippen LogP contribution in [0.4, 0.5) is 5.69 Å². The Bertz CT molecular complexity index is 1690. The minimum absolute atomic E-state index is 0.0241. The van der Waals surface area contributed by atoms with Crippen LogP contribution in [-0.4, -0.2) is 43.8 Å². The third-order valence-corrected chi connectivity index (χ3v) is 7.55. The topological polar surface area (TPSA) is 74.4 Å². The third kappa shape index (κ3) is 7.28. The van der Waals surface area contributed by atoms with Crippen LogP contribution in [0.5, 0.6) is 0 Å². The molecule has 2 aromatic carbocycles. The fourth-order valence-corrected chi connectivity index (χ4v) is 6.07. The van der Waals surface area contributed by atoms with Crippen LogP contribution in [0.15, 0.2) is 84.3 Å². The SMILES string of the molecule is CCOCn1ccnc1-c1ccnc(-n2ccc3cc(N(CC(=O)OC(C)(C)C)Sc4cc(Cl)cc(Cl)c4)ccc32)c1. The minimum Gasteiger partial charge on any atom is -0.459 e. The molecule has 11 heteroatoms. The van der Waals surface area contributed by atoms with E-state index in [1.807, 2.05) is 102 Å². The summed E-state index contributed by atoms with van der Waals surface area (Å²) in [5.74, 6) is 1.22. The van der Waals surface area contributed by atoms with Gasteiger partial charge in [-0.1, -0.05) is 23.2 Å². The number of imidazole rings is 1. The number of benzene rings is 2. The molecule has 3 heterocycles. The van der Waals surface area contributed by atoms with Gasteiger partial charge < -0.3 is 22.9 Å². The van der Waals surface area contributed by atoms with E-state index < -0.39 is 5.60 Å². The molecule has 0 unspecified atom stereocenters. The number of anilines is 1. The molecule has 0 spiro atoms. The van der Waals surface area contributed by atoms with E-state index in [0.29, 0.717) is 23.4 Å². The summed E-state index contributed by atoms with van der Waals surface area (Å²) in [6.45, 7) is 8.59. The van der Waals surface area contributed by atoms with Crippen LogP contribution in [-0.2, 0) is 21.0 Å². The van der Waals surface area contributed by atoms with Crippen molar-refractivity contribution < 1.29 is 14.3 Å². The average Bonchev–Trinajstić information content (AvgIpc) is 3.57. The number of ether oxygens (including phenoxy) is 2. The van der Waals surface area contributed by atoms with Gasteiger partial charge in [0.25, 0.3) is 0 Å². The molecule has 8 nitrogen and oxygen atoms in total. The number of nitrogens with zero attached hydrogens (tertiary/aromatic N) is 5. The standard InChI is InChI=1S/C31H31Cl2N5O3S/c1-5-40-20-36-13-11-35-30(36)22-8-10-34-28(15-22)37-12-9-21-14-25(6-7-27(21)37)38(19-29(39)41-31(2,3)4)42-26-17-23(32)16-24(33)18-26/h6-18H,5,19-20H2,1-4H3. The Hall–Kier alpha value is -3.50. The summed E-state index contributed by atoms with van der Waals surface area (Å²) < 4.78 is 17.1. The number of carbonyl (C=O) groups is 1. The summed E-state index contributed by atoms with van der Waals surface area (Å²) in [6, 6.07) is 17.3. The monoisotopic (exact) mass is 623 g/mol. The lowest BCUT2D eigenvalue weighted by atomic mass is 10.2. The molecule has 0 bridgehead atoms. The summed E-state index contributed by atoms with van der Waals surface area (Å²) in [5.41, 5.74) is 2.12. The number of hydrogen-bond donors (Lipinski definition) is 0. The van der Waals surface area contributed by atoms with Crippen molar-refractivity contribution in [2.45, 2.75) is 44.9 Å². The summed E-state index contributed by atoms with van der Waals surface area (Å²) in [7, 11) is 0. The number of fused-ring (bicyclic) bond motifs is 1. The van der Waals surface area contributed by atoms with Crippen molar-refractivity contribution >= 4 is 57.7 Å². The van der Waals surface area contributed by atoms with Crippen molar-refractivity contribution in [2.75, 3.05) is 17.5 Å². The molecular weight excluding hydrogens is 593 g/mol. The van der Waals surface area contributed by atoms with Crippen molar-refractivity contribution in [3.63, 3.8) is 0 Å². The number of aromatic nitrogens is 4. The molecule has 0 N–H and O–H groups in total. The van der Waals surface area contributed by atoms with Crippen LogP contribution in [0.2, 0.25) is 10.0 Å². The Kier molecular flexibility index (Phi) is 9.13. The lowest BCUT2D eigenvalue weighted by molar-refractivity contribution is -0.152. The van der Waals surface area contributed by atoms with Gasteiger partial charge in [-0.25, -0.2) is 9.97 Å². The Labute approximate surface area is 259 Å². The summed E-state index contributed by atoms with van der Waals surface area (Å²) >= 11 is 13.9. The van der Waals surface area contributed by atoms with E-state index in [1.54, 1.807) is 18.5 Å². The number of pyridine rings is 1. The zero-order valence-electron chi connectivity index (χ0n) is 23.8. The maximum Gasteiger partial charge on any atom is 0.327 e. The highest BCUT2D eigenvalue weighted by atomic mass is 35.5. The van der Waals surface area contributed by atoms with Gasteiger partial charge in [-0.15, -0.1) is 0 Å². The van der Waals surface area contributed by atoms with E-state index in [2.05, 4.69) is 9.97 Å². The van der Waals surface area contributed by atoms with Crippen molar-refractivity contribution in [2.24, 2.45) is 0 Å². The largest absolute Gasteiger partial charge is 0.459 e. The van der Waals surface area contributed by atoms with Gasteiger partial charge in [-0.05, 0) is 94.2 Å². The molecule has 3 aromatic heterocycles. The van der Waals surface area contributed by atoms with Crippen LogP contribution in [0.25, 0.3) is 28.1 Å². The third-order valence-electron chi connectivity index (χ3n) is 6.11. The predicted octanol–water partition coefficient (Wildman–Crippen LogP) is 8.05. The molecule has 0 saturated heterocycles. The Morgan fingerprint density at radius 1 is 0.976 bits per heavy atom. The first kappa shape index (κ1) is 30.0. The first-order valence-electron chi connectivity index (χ1n) is 13.4. The molecule has 0 saturated carbocycles. The number of hydrogen-bond acceptors (Lipinski definition) is 7. The maximum atomic E-state index is 12.9. The molecule has 0 atom stereocenters. The lowest BCUT2D eigenvalue weighted by Crippen LogP contribution is -2.31. The average molecular weight is 625 g/mol.